The average Bonchev–Trinajstić information content (AvgIpc) is 4.01. The van der Waals surface area contributed by atoms with Gasteiger partial charge in [0.1, 0.15) is 29.7 Å². The number of aryl methyl sites for hydroxylation is 2. The number of ether oxygens (including phenoxy) is 2. The molecule has 0 radical (unpaired) electrons. The van der Waals surface area contributed by atoms with E-state index in [1.807, 2.05) is 33.6 Å². The molecule has 2 aromatic carbocycles. The lowest BCUT2D eigenvalue weighted by atomic mass is 9.61. The van der Waals surface area contributed by atoms with Crippen molar-refractivity contribution >= 4 is 53.8 Å². The van der Waals surface area contributed by atoms with Crippen LogP contribution in [0.25, 0.3) is 11.0 Å². The SMILES string of the molecule is CC(C)(C)[Si](C)(C)O[C@@H](CCCc1ccc2c(c1)nnn2CCCN1CCC2(CC1)CC(OC(=O)C(O)(c1cccs1)c1cccs1)C2)c1ccc(O)c2c1OCC(=O)C2. The zero-order chi connectivity index (χ0) is 42.3. The maximum Gasteiger partial charge on any atom is 0.349 e. The summed E-state index contributed by atoms with van der Waals surface area (Å²) in [5.41, 5.74) is 3.07. The number of aromatic hydroxyl groups is 1. The van der Waals surface area contributed by atoms with Crippen LogP contribution in [-0.4, -0.2) is 82.5 Å². The fourth-order valence-corrected chi connectivity index (χ4v) is 11.9. The van der Waals surface area contributed by atoms with Crippen LogP contribution in [0, 0.1) is 5.41 Å². The van der Waals surface area contributed by atoms with E-state index in [0.29, 0.717) is 21.1 Å². The smallest absolute Gasteiger partial charge is 0.349 e. The monoisotopic (exact) mass is 870 g/mol. The van der Waals surface area contributed by atoms with Gasteiger partial charge >= 0.3 is 5.97 Å². The Labute approximate surface area is 361 Å². The van der Waals surface area contributed by atoms with E-state index >= 15 is 0 Å². The summed E-state index contributed by atoms with van der Waals surface area (Å²) < 4.78 is 21.0. The third-order valence-electron chi connectivity index (χ3n) is 13.5. The minimum atomic E-state index is -2.17. The van der Waals surface area contributed by atoms with Crippen molar-refractivity contribution in [1.29, 1.82) is 0 Å². The minimum absolute atomic E-state index is 0.0122. The van der Waals surface area contributed by atoms with E-state index in [0.717, 1.165) is 94.1 Å². The third kappa shape index (κ3) is 8.73. The molecule has 2 aliphatic heterocycles. The molecule has 2 fully saturated rings. The number of thiophene rings is 2. The number of hydrogen-bond acceptors (Lipinski definition) is 12. The number of benzene rings is 2. The van der Waals surface area contributed by atoms with Gasteiger partial charge in [0.2, 0.25) is 5.60 Å². The molecule has 2 N–H and O–H groups in total. The van der Waals surface area contributed by atoms with Crippen LogP contribution in [0.3, 0.4) is 0 Å². The molecule has 1 saturated heterocycles. The van der Waals surface area contributed by atoms with E-state index in [9.17, 15) is 19.8 Å². The molecule has 1 saturated carbocycles. The average molecular weight is 871 g/mol. The predicted molar refractivity (Wildman–Crippen MR) is 237 cm³/mol. The fraction of sp³-hybridized carbons (Fsp3) is 0.522. The Morgan fingerprint density at radius 2 is 1.73 bits per heavy atom. The van der Waals surface area contributed by atoms with Crippen molar-refractivity contribution in [2.45, 2.75) is 121 Å². The molecule has 5 heterocycles. The lowest BCUT2D eigenvalue weighted by Crippen LogP contribution is -2.52. The number of carbonyl (C=O) groups excluding carboxylic acids is 2. The van der Waals surface area contributed by atoms with Crippen molar-refractivity contribution in [1.82, 2.24) is 19.9 Å². The molecule has 0 unspecified atom stereocenters. The van der Waals surface area contributed by atoms with Gasteiger partial charge < -0.3 is 29.0 Å². The molecule has 1 atom stereocenters. The zero-order valence-electron chi connectivity index (χ0n) is 35.4. The Balaban J connectivity index is 0.811. The van der Waals surface area contributed by atoms with Crippen LogP contribution in [-0.2, 0) is 43.7 Å². The summed E-state index contributed by atoms with van der Waals surface area (Å²) in [5, 5.41) is 35.0. The molecule has 1 aliphatic carbocycles. The van der Waals surface area contributed by atoms with Crippen molar-refractivity contribution in [2.24, 2.45) is 5.41 Å². The van der Waals surface area contributed by atoms with Crippen LogP contribution in [0.15, 0.2) is 65.4 Å². The Morgan fingerprint density at radius 3 is 2.40 bits per heavy atom. The molecule has 8 rings (SSSR count). The molecule has 5 aromatic rings. The largest absolute Gasteiger partial charge is 0.508 e. The van der Waals surface area contributed by atoms with E-state index in [1.54, 1.807) is 18.2 Å². The van der Waals surface area contributed by atoms with Gasteiger partial charge in [0.15, 0.2) is 14.1 Å². The van der Waals surface area contributed by atoms with Gasteiger partial charge in [0.25, 0.3) is 0 Å². The summed E-state index contributed by atoms with van der Waals surface area (Å²) in [6, 6.07) is 17.3. The second kappa shape index (κ2) is 17.1. The third-order valence-corrected chi connectivity index (χ3v) is 20.0. The van der Waals surface area contributed by atoms with E-state index in [2.05, 4.69) is 67.3 Å². The lowest BCUT2D eigenvalue weighted by Gasteiger charge is -2.51. The zero-order valence-corrected chi connectivity index (χ0v) is 38.1. The molecule has 0 amide bonds. The number of carbonyl (C=O) groups is 2. The highest BCUT2D eigenvalue weighted by Crippen LogP contribution is 2.51. The number of likely N-dealkylation sites (tertiary alicyclic amines) is 1. The summed E-state index contributed by atoms with van der Waals surface area (Å²) in [5.74, 6) is 0.0831. The van der Waals surface area contributed by atoms with Crippen LogP contribution >= 0.6 is 22.7 Å². The topological polar surface area (TPSA) is 136 Å². The molecule has 3 aliphatic rings. The standard InChI is InChI=1S/C46H58N4O7S2Si/c1-44(2,3)60(4,5)57-39(34-15-17-38(52)35-27-32(51)30-55-42(34)35)11-6-10-31-14-16-37-36(26-31)47-48-50(37)21-9-20-49-22-18-45(19-23-49)28-33(29-45)56-43(53)46(54,40-12-7-24-58-40)41-13-8-25-59-41/h7-8,12-17,24-26,33,39,52,54H,6,9-11,18-23,27-30H2,1-5H3/t39-/m0/s1. The summed E-state index contributed by atoms with van der Waals surface area (Å²) in [4.78, 5) is 29.3. The Hall–Kier alpha value is -3.92. The summed E-state index contributed by atoms with van der Waals surface area (Å²) in [7, 11) is -2.17. The molecular formula is C46H58N4O7S2Si. The second-order valence-corrected chi connectivity index (χ2v) is 25.3. The first-order chi connectivity index (χ1) is 28.6. The van der Waals surface area contributed by atoms with Gasteiger partial charge in [-0.3, -0.25) is 4.79 Å². The highest BCUT2D eigenvalue weighted by atomic mass is 32.1. The summed E-state index contributed by atoms with van der Waals surface area (Å²) >= 11 is 2.74. The molecule has 1 spiro atoms. The molecule has 14 heteroatoms. The first kappa shape index (κ1) is 42.8. The number of aliphatic hydroxyl groups is 1. The first-order valence-electron chi connectivity index (χ1n) is 21.4. The van der Waals surface area contributed by atoms with Crippen LogP contribution in [0.1, 0.15) is 98.3 Å². The number of rotatable bonds is 15. The van der Waals surface area contributed by atoms with Crippen LogP contribution in [0.5, 0.6) is 11.5 Å². The minimum Gasteiger partial charge on any atom is -0.508 e. The normalized spacial score (nSPS) is 18.0. The number of piperidine rings is 1. The van der Waals surface area contributed by atoms with Gasteiger partial charge in [-0.25, -0.2) is 9.48 Å². The number of aromatic nitrogens is 3. The van der Waals surface area contributed by atoms with E-state index in [-0.39, 0.29) is 47.2 Å². The Bertz CT molecular complexity index is 2250. The van der Waals surface area contributed by atoms with E-state index < -0.39 is 19.9 Å². The van der Waals surface area contributed by atoms with Crippen molar-refractivity contribution in [2.75, 3.05) is 26.2 Å². The number of Topliss-reactive ketones (excluding diaryl/α,β-unsaturated/α-hetero) is 1. The molecule has 0 bridgehead atoms. The van der Waals surface area contributed by atoms with Crippen molar-refractivity contribution in [3.63, 3.8) is 0 Å². The number of esters is 1. The van der Waals surface area contributed by atoms with Gasteiger partial charge in [-0.15, -0.1) is 27.8 Å². The molecular weight excluding hydrogens is 813 g/mol. The van der Waals surface area contributed by atoms with Gasteiger partial charge in [-0.2, -0.15) is 0 Å². The van der Waals surface area contributed by atoms with Crippen molar-refractivity contribution in [3.05, 3.63) is 91.8 Å². The maximum absolute atomic E-state index is 13.4. The Morgan fingerprint density at radius 1 is 1.02 bits per heavy atom. The molecule has 3 aromatic heterocycles. The van der Waals surface area contributed by atoms with E-state index in [1.165, 1.54) is 28.2 Å². The highest BCUT2D eigenvalue weighted by molar-refractivity contribution is 7.12. The highest BCUT2D eigenvalue weighted by Gasteiger charge is 2.51. The number of ketones is 1. The fourth-order valence-electron chi connectivity index (χ4n) is 8.89. The van der Waals surface area contributed by atoms with Crippen molar-refractivity contribution in [3.8, 4) is 11.5 Å². The van der Waals surface area contributed by atoms with Gasteiger partial charge in [0, 0.05) is 24.1 Å². The maximum atomic E-state index is 13.4. The lowest BCUT2D eigenvalue weighted by molar-refractivity contribution is -0.181. The van der Waals surface area contributed by atoms with Gasteiger partial charge in [-0.1, -0.05) is 44.2 Å². The van der Waals surface area contributed by atoms with Crippen molar-refractivity contribution < 1.29 is 33.7 Å². The Kier molecular flexibility index (Phi) is 12.2. The predicted octanol–water partition coefficient (Wildman–Crippen LogP) is 8.96. The number of hydrogen-bond donors (Lipinski definition) is 2. The first-order valence-corrected chi connectivity index (χ1v) is 26.0. The molecule has 11 nitrogen and oxygen atoms in total. The number of nitrogens with zero attached hydrogens (tertiary/aromatic N) is 4. The summed E-state index contributed by atoms with van der Waals surface area (Å²) in [6.07, 6.45) is 7.16. The number of phenolic OH excluding ortho intramolecular Hbond substituents is 1. The quantitative estimate of drug-likeness (QED) is 0.0776. The molecule has 320 valence electrons. The summed E-state index contributed by atoms with van der Waals surface area (Å²) in [6.45, 7) is 15.1. The van der Waals surface area contributed by atoms with Crippen LogP contribution in [0.2, 0.25) is 18.1 Å². The number of phenols is 1. The second-order valence-electron chi connectivity index (χ2n) is 18.7. The molecule has 60 heavy (non-hydrogen) atoms. The van der Waals surface area contributed by atoms with Crippen LogP contribution < -0.4 is 4.74 Å². The van der Waals surface area contributed by atoms with Gasteiger partial charge in [0.05, 0.1) is 21.4 Å². The van der Waals surface area contributed by atoms with E-state index in [4.69, 9.17) is 13.9 Å². The number of fused-ring (bicyclic) bond motifs is 2. The van der Waals surface area contributed by atoms with Gasteiger partial charge in [-0.05, 0) is 147 Å². The van der Waals surface area contributed by atoms with Crippen LogP contribution in [0.4, 0.5) is 0 Å².